The van der Waals surface area contributed by atoms with Crippen LogP contribution in [-0.2, 0) is 0 Å². The van der Waals surface area contributed by atoms with Crippen LogP contribution >= 0.6 is 0 Å². The normalized spacial score (nSPS) is 31.8. The van der Waals surface area contributed by atoms with E-state index in [0.29, 0.717) is 0 Å². The van der Waals surface area contributed by atoms with Gasteiger partial charge in [0.1, 0.15) is 0 Å². The fraction of sp³-hybridized carbons (Fsp3) is 1.00. The molecule has 1 nitrogen and oxygen atoms in total. The minimum absolute atomic E-state index is 0.813. The molecule has 0 N–H and O–H groups in total. The fourth-order valence-electron chi connectivity index (χ4n) is 3.48. The molecule has 0 aromatic rings. The van der Waals surface area contributed by atoms with Crippen LogP contribution in [0.4, 0.5) is 0 Å². The van der Waals surface area contributed by atoms with Gasteiger partial charge in [-0.15, -0.1) is 0 Å². The lowest BCUT2D eigenvalue weighted by atomic mass is 9.78. The van der Waals surface area contributed by atoms with Crippen LogP contribution < -0.4 is 0 Å². The molecule has 17 heavy (non-hydrogen) atoms. The minimum Gasteiger partial charge on any atom is -0.300 e. The molecule has 0 radical (unpaired) electrons. The van der Waals surface area contributed by atoms with Crippen molar-refractivity contribution in [2.24, 2.45) is 11.8 Å². The van der Waals surface area contributed by atoms with Crippen molar-refractivity contribution in [3.8, 4) is 0 Å². The van der Waals surface area contributed by atoms with Crippen molar-refractivity contribution in [1.82, 2.24) is 4.90 Å². The molecule has 0 aromatic heterocycles. The molecule has 0 heterocycles. The summed E-state index contributed by atoms with van der Waals surface area (Å²) in [6.07, 6.45) is 9.72. The van der Waals surface area contributed by atoms with Crippen molar-refractivity contribution in [2.45, 2.75) is 84.7 Å². The van der Waals surface area contributed by atoms with Gasteiger partial charge in [-0.05, 0) is 44.6 Å². The highest BCUT2D eigenvalue weighted by molar-refractivity contribution is 4.85. The average molecular weight is 239 g/mol. The van der Waals surface area contributed by atoms with Gasteiger partial charge in [0.15, 0.2) is 0 Å². The molecule has 0 spiro atoms. The van der Waals surface area contributed by atoms with Gasteiger partial charge < -0.3 is 4.90 Å². The largest absolute Gasteiger partial charge is 0.300 e. The Morgan fingerprint density at radius 2 is 1.88 bits per heavy atom. The lowest BCUT2D eigenvalue weighted by molar-refractivity contribution is 0.0709. The first kappa shape index (κ1) is 15.0. The minimum atomic E-state index is 0.813. The van der Waals surface area contributed by atoms with Gasteiger partial charge in [-0.1, -0.05) is 47.0 Å². The van der Waals surface area contributed by atoms with Crippen LogP contribution in [0.15, 0.2) is 0 Å². The molecule has 0 saturated heterocycles. The maximum Gasteiger partial charge on any atom is 0.0123 e. The van der Waals surface area contributed by atoms with E-state index in [9.17, 15) is 0 Å². The van der Waals surface area contributed by atoms with E-state index in [4.69, 9.17) is 0 Å². The Hall–Kier alpha value is -0.0400. The summed E-state index contributed by atoms with van der Waals surface area (Å²) in [7, 11) is 2.38. The van der Waals surface area contributed by atoms with Crippen molar-refractivity contribution in [3.05, 3.63) is 0 Å². The Kier molecular flexibility index (Phi) is 6.54. The zero-order valence-electron chi connectivity index (χ0n) is 12.7. The number of nitrogens with zero attached hydrogens (tertiary/aromatic N) is 1. The highest BCUT2D eigenvalue weighted by Gasteiger charge is 2.30. The van der Waals surface area contributed by atoms with Gasteiger partial charge in [-0.2, -0.15) is 0 Å². The predicted molar refractivity (Wildman–Crippen MR) is 77.3 cm³/mol. The molecule has 4 unspecified atom stereocenters. The first-order valence-electron chi connectivity index (χ1n) is 7.82. The molecule has 0 amide bonds. The van der Waals surface area contributed by atoms with E-state index in [0.717, 1.165) is 23.9 Å². The topological polar surface area (TPSA) is 3.24 Å². The van der Waals surface area contributed by atoms with Crippen molar-refractivity contribution < 1.29 is 0 Å². The second-order valence-corrected chi connectivity index (χ2v) is 6.33. The van der Waals surface area contributed by atoms with Crippen molar-refractivity contribution >= 4 is 0 Å². The third-order valence-electron chi connectivity index (χ3n) is 4.88. The summed E-state index contributed by atoms with van der Waals surface area (Å²) >= 11 is 0. The van der Waals surface area contributed by atoms with Crippen LogP contribution in [0.2, 0.25) is 0 Å². The summed E-state index contributed by atoms with van der Waals surface area (Å²) in [6.45, 7) is 9.55. The van der Waals surface area contributed by atoms with E-state index >= 15 is 0 Å². The molecule has 0 bridgehead atoms. The summed E-state index contributed by atoms with van der Waals surface area (Å²) in [5.41, 5.74) is 0. The molecular formula is C16H33N. The molecule has 102 valence electrons. The molecule has 1 fully saturated rings. The second-order valence-electron chi connectivity index (χ2n) is 6.33. The monoisotopic (exact) mass is 239 g/mol. The van der Waals surface area contributed by atoms with E-state index in [2.05, 4.69) is 39.6 Å². The fourth-order valence-corrected chi connectivity index (χ4v) is 3.48. The SMILES string of the molecule is CCCCC(CC)N(C)C1CC(C)CCC1C. The molecule has 1 aliphatic rings. The van der Waals surface area contributed by atoms with Crippen LogP contribution in [0.25, 0.3) is 0 Å². The standard InChI is InChI=1S/C16H33N/c1-6-8-9-15(7-2)17(5)16-12-13(3)10-11-14(16)4/h13-16H,6-12H2,1-5H3. The molecule has 1 aliphatic carbocycles. The third kappa shape index (κ3) is 4.28. The molecule has 0 aliphatic heterocycles. The molecule has 4 atom stereocenters. The highest BCUT2D eigenvalue weighted by atomic mass is 15.2. The Balaban J connectivity index is 2.54. The molecular weight excluding hydrogens is 206 g/mol. The lowest BCUT2D eigenvalue weighted by Gasteiger charge is -2.42. The van der Waals surface area contributed by atoms with Gasteiger partial charge in [-0.3, -0.25) is 0 Å². The Morgan fingerprint density at radius 3 is 2.47 bits per heavy atom. The lowest BCUT2D eigenvalue weighted by Crippen LogP contribution is -2.46. The van der Waals surface area contributed by atoms with E-state index in [1.807, 2.05) is 0 Å². The summed E-state index contributed by atoms with van der Waals surface area (Å²) in [4.78, 5) is 2.72. The Labute approximate surface area is 109 Å². The number of unbranched alkanes of at least 4 members (excludes halogenated alkanes) is 1. The zero-order chi connectivity index (χ0) is 12.8. The van der Waals surface area contributed by atoms with Crippen molar-refractivity contribution in [3.63, 3.8) is 0 Å². The molecule has 0 aromatic carbocycles. The van der Waals surface area contributed by atoms with Gasteiger partial charge in [-0.25, -0.2) is 0 Å². The third-order valence-corrected chi connectivity index (χ3v) is 4.88. The zero-order valence-corrected chi connectivity index (χ0v) is 12.7. The summed E-state index contributed by atoms with van der Waals surface area (Å²) in [6, 6.07) is 1.65. The Morgan fingerprint density at radius 1 is 1.18 bits per heavy atom. The average Bonchev–Trinajstić information content (AvgIpc) is 2.33. The van der Waals surface area contributed by atoms with E-state index in [1.165, 1.54) is 44.9 Å². The molecule has 1 saturated carbocycles. The van der Waals surface area contributed by atoms with Crippen LogP contribution in [0.1, 0.15) is 72.6 Å². The van der Waals surface area contributed by atoms with Crippen LogP contribution in [-0.4, -0.2) is 24.0 Å². The van der Waals surface area contributed by atoms with Gasteiger partial charge in [0.25, 0.3) is 0 Å². The number of hydrogen-bond donors (Lipinski definition) is 0. The van der Waals surface area contributed by atoms with Gasteiger partial charge in [0.2, 0.25) is 0 Å². The smallest absolute Gasteiger partial charge is 0.0123 e. The second kappa shape index (κ2) is 7.41. The predicted octanol–water partition coefficient (Wildman–Crippen LogP) is 4.71. The van der Waals surface area contributed by atoms with E-state index in [1.54, 1.807) is 0 Å². The first-order chi connectivity index (χ1) is 8.10. The summed E-state index contributed by atoms with van der Waals surface area (Å²) in [5, 5.41) is 0. The quantitative estimate of drug-likeness (QED) is 0.649. The van der Waals surface area contributed by atoms with Crippen LogP contribution in [0.5, 0.6) is 0 Å². The highest BCUT2D eigenvalue weighted by Crippen LogP contribution is 2.33. The Bertz CT molecular complexity index is 202. The van der Waals surface area contributed by atoms with Crippen molar-refractivity contribution in [1.29, 1.82) is 0 Å². The van der Waals surface area contributed by atoms with Gasteiger partial charge >= 0.3 is 0 Å². The van der Waals surface area contributed by atoms with Gasteiger partial charge in [0, 0.05) is 12.1 Å². The van der Waals surface area contributed by atoms with E-state index in [-0.39, 0.29) is 0 Å². The maximum atomic E-state index is 2.72. The maximum absolute atomic E-state index is 2.72. The van der Waals surface area contributed by atoms with Gasteiger partial charge in [0.05, 0.1) is 0 Å². The van der Waals surface area contributed by atoms with Crippen LogP contribution in [0.3, 0.4) is 0 Å². The number of rotatable bonds is 6. The summed E-state index contributed by atoms with van der Waals surface area (Å²) < 4.78 is 0. The first-order valence-corrected chi connectivity index (χ1v) is 7.82. The number of hydrogen-bond acceptors (Lipinski definition) is 1. The molecule has 1 heteroatoms. The van der Waals surface area contributed by atoms with Crippen molar-refractivity contribution in [2.75, 3.05) is 7.05 Å². The van der Waals surface area contributed by atoms with Crippen LogP contribution in [0, 0.1) is 11.8 Å². The summed E-state index contributed by atoms with van der Waals surface area (Å²) in [5.74, 6) is 1.83. The molecule has 1 rings (SSSR count). The van der Waals surface area contributed by atoms with E-state index < -0.39 is 0 Å².